The van der Waals surface area contributed by atoms with Gasteiger partial charge in [0, 0.05) is 39.6 Å². The molecule has 2 rings (SSSR count). The van der Waals surface area contributed by atoms with E-state index in [9.17, 15) is 4.79 Å². The zero-order valence-electron chi connectivity index (χ0n) is 15.5. The van der Waals surface area contributed by atoms with Crippen LogP contribution in [0.5, 0.6) is 0 Å². The van der Waals surface area contributed by atoms with Gasteiger partial charge in [-0.15, -0.1) is 24.0 Å². The molecule has 25 heavy (non-hydrogen) atoms. The van der Waals surface area contributed by atoms with Crippen LogP contribution in [0.4, 0.5) is 0 Å². The first-order valence-corrected chi connectivity index (χ1v) is 8.89. The van der Waals surface area contributed by atoms with E-state index in [-0.39, 0.29) is 29.9 Å². The smallest absolute Gasteiger partial charge is 0.222 e. The predicted octanol–water partition coefficient (Wildman–Crippen LogP) is 3.14. The predicted molar refractivity (Wildman–Crippen MR) is 114 cm³/mol. The Balaban J connectivity index is 0.00000312. The van der Waals surface area contributed by atoms with Crippen LogP contribution in [0.3, 0.4) is 0 Å². The maximum absolute atomic E-state index is 11.9. The molecule has 0 aromatic heterocycles. The van der Waals surface area contributed by atoms with Gasteiger partial charge >= 0.3 is 0 Å². The van der Waals surface area contributed by atoms with Crippen molar-refractivity contribution in [1.29, 1.82) is 0 Å². The van der Waals surface area contributed by atoms with Crippen LogP contribution in [0, 0.1) is 5.92 Å². The number of carbonyl (C=O) groups excluding carboxylic acids is 1. The summed E-state index contributed by atoms with van der Waals surface area (Å²) in [6.45, 7) is 7.64. The number of benzene rings is 1. The van der Waals surface area contributed by atoms with Crippen molar-refractivity contribution in [2.45, 2.75) is 46.2 Å². The van der Waals surface area contributed by atoms with Gasteiger partial charge in [-0.3, -0.25) is 9.79 Å². The number of aliphatic imine (C=N–C) groups is 1. The van der Waals surface area contributed by atoms with Gasteiger partial charge in [-0.2, -0.15) is 0 Å². The lowest BCUT2D eigenvalue weighted by Crippen LogP contribution is -2.38. The molecule has 2 N–H and O–H groups in total. The average molecular weight is 458 g/mol. The number of rotatable bonds is 7. The molecule has 1 heterocycles. The molecule has 0 bridgehead atoms. The summed E-state index contributed by atoms with van der Waals surface area (Å²) in [5.74, 6) is 1.76. The summed E-state index contributed by atoms with van der Waals surface area (Å²) in [5.41, 5.74) is 2.42. The third-order valence-corrected chi connectivity index (χ3v) is 4.33. The normalized spacial score (nSPS) is 14.6. The summed E-state index contributed by atoms with van der Waals surface area (Å²) in [4.78, 5) is 18.1. The molecule has 0 unspecified atom stereocenters. The van der Waals surface area contributed by atoms with Crippen molar-refractivity contribution in [3.63, 3.8) is 0 Å². The lowest BCUT2D eigenvalue weighted by molar-refractivity contribution is -0.128. The molecule has 5 nitrogen and oxygen atoms in total. The molecule has 0 radical (unpaired) electrons. The van der Waals surface area contributed by atoms with Gasteiger partial charge in [0.05, 0.1) is 0 Å². The van der Waals surface area contributed by atoms with Gasteiger partial charge in [0.1, 0.15) is 0 Å². The van der Waals surface area contributed by atoms with E-state index >= 15 is 0 Å². The zero-order valence-corrected chi connectivity index (χ0v) is 17.9. The molecule has 0 spiro atoms. The topological polar surface area (TPSA) is 56.7 Å². The van der Waals surface area contributed by atoms with Crippen molar-refractivity contribution in [3.8, 4) is 0 Å². The summed E-state index contributed by atoms with van der Waals surface area (Å²) < 4.78 is 0. The van der Waals surface area contributed by atoms with Crippen LogP contribution in [0.2, 0.25) is 0 Å². The van der Waals surface area contributed by atoms with E-state index in [0.717, 1.165) is 31.9 Å². The molecule has 6 heteroatoms. The van der Waals surface area contributed by atoms with E-state index in [1.165, 1.54) is 11.1 Å². The molecule has 1 fully saturated rings. The number of guanidine groups is 1. The molecule has 140 valence electrons. The van der Waals surface area contributed by atoms with Gasteiger partial charge in [-0.05, 0) is 29.9 Å². The number of hydrogen-bond acceptors (Lipinski definition) is 2. The minimum Gasteiger partial charge on any atom is -0.356 e. The second kappa shape index (κ2) is 11.3. The zero-order chi connectivity index (χ0) is 17.4. The Morgan fingerprint density at radius 2 is 1.96 bits per heavy atom. The van der Waals surface area contributed by atoms with Crippen LogP contribution in [0.1, 0.15) is 44.2 Å². The number of nitrogens with zero attached hydrogens (tertiary/aromatic N) is 2. The fourth-order valence-electron chi connectivity index (χ4n) is 2.84. The minimum atomic E-state index is 0. The summed E-state index contributed by atoms with van der Waals surface area (Å²) in [7, 11) is 1.79. The quantitative estimate of drug-likeness (QED) is 0.375. The van der Waals surface area contributed by atoms with Crippen LogP contribution in [-0.2, 0) is 17.9 Å². The largest absolute Gasteiger partial charge is 0.356 e. The Kier molecular flexibility index (Phi) is 9.85. The number of carbonyl (C=O) groups is 1. The average Bonchev–Trinajstić information content (AvgIpc) is 2.96. The summed E-state index contributed by atoms with van der Waals surface area (Å²) >= 11 is 0. The Morgan fingerprint density at radius 3 is 2.56 bits per heavy atom. The number of nitrogens with one attached hydrogen (secondary N) is 2. The maximum atomic E-state index is 11.9. The standard InChI is InChI=1S/C19H30N4O.HI/c1-15(2)10-11-21-19(20-3)22-13-16-7-4-5-8-17(16)14-23-12-6-9-18(23)24;/h4-5,7-8,15H,6,9-14H2,1-3H3,(H2,20,21,22);1H. The van der Waals surface area contributed by atoms with Crippen LogP contribution < -0.4 is 10.6 Å². The molecule has 1 aliphatic heterocycles. The van der Waals surface area contributed by atoms with Crippen molar-refractivity contribution in [2.24, 2.45) is 10.9 Å². The highest BCUT2D eigenvalue weighted by atomic mass is 127. The van der Waals surface area contributed by atoms with E-state index in [0.29, 0.717) is 25.4 Å². The molecule has 1 amide bonds. The molecule has 1 aromatic rings. The SMILES string of the molecule is CN=C(NCCC(C)C)NCc1ccccc1CN1CCCC1=O.I. The minimum absolute atomic E-state index is 0. The Labute approximate surface area is 168 Å². The van der Waals surface area contributed by atoms with Crippen molar-refractivity contribution in [1.82, 2.24) is 15.5 Å². The Hall–Kier alpha value is -1.31. The van der Waals surface area contributed by atoms with Crippen molar-refractivity contribution in [2.75, 3.05) is 20.1 Å². The molecule has 0 atom stereocenters. The number of likely N-dealkylation sites (tertiary alicyclic amines) is 1. The highest BCUT2D eigenvalue weighted by Gasteiger charge is 2.20. The van der Waals surface area contributed by atoms with E-state index < -0.39 is 0 Å². The number of halogens is 1. The molecule has 1 aliphatic rings. The van der Waals surface area contributed by atoms with E-state index in [1.807, 2.05) is 17.0 Å². The van der Waals surface area contributed by atoms with Crippen LogP contribution in [0.15, 0.2) is 29.3 Å². The van der Waals surface area contributed by atoms with E-state index in [1.54, 1.807) is 7.05 Å². The Morgan fingerprint density at radius 1 is 1.24 bits per heavy atom. The highest BCUT2D eigenvalue weighted by Crippen LogP contribution is 2.17. The lowest BCUT2D eigenvalue weighted by atomic mass is 10.1. The van der Waals surface area contributed by atoms with Crippen molar-refractivity contribution in [3.05, 3.63) is 35.4 Å². The second-order valence-electron chi connectivity index (χ2n) is 6.72. The van der Waals surface area contributed by atoms with Gasteiger partial charge in [0.15, 0.2) is 5.96 Å². The molecule has 1 saturated heterocycles. The molecule has 0 aliphatic carbocycles. The number of amides is 1. The monoisotopic (exact) mass is 458 g/mol. The van der Waals surface area contributed by atoms with Gasteiger partial charge in [-0.25, -0.2) is 0 Å². The van der Waals surface area contributed by atoms with E-state index in [4.69, 9.17) is 0 Å². The molecular formula is C19H31IN4O. The van der Waals surface area contributed by atoms with Crippen LogP contribution >= 0.6 is 24.0 Å². The molecule has 0 saturated carbocycles. The van der Waals surface area contributed by atoms with E-state index in [2.05, 4.69) is 41.6 Å². The summed E-state index contributed by atoms with van der Waals surface area (Å²) in [5, 5.41) is 6.72. The lowest BCUT2D eigenvalue weighted by Gasteiger charge is -2.19. The first-order valence-electron chi connectivity index (χ1n) is 8.89. The highest BCUT2D eigenvalue weighted by molar-refractivity contribution is 14.0. The summed E-state index contributed by atoms with van der Waals surface area (Å²) in [6.07, 6.45) is 2.78. The van der Waals surface area contributed by atoms with Gasteiger partial charge in [0.25, 0.3) is 0 Å². The second-order valence-corrected chi connectivity index (χ2v) is 6.72. The summed E-state index contributed by atoms with van der Waals surface area (Å²) in [6, 6.07) is 8.30. The number of hydrogen-bond donors (Lipinski definition) is 2. The third-order valence-electron chi connectivity index (χ3n) is 4.33. The molecular weight excluding hydrogens is 427 g/mol. The first kappa shape index (κ1) is 21.7. The first-order chi connectivity index (χ1) is 11.6. The van der Waals surface area contributed by atoms with Crippen LogP contribution in [0.25, 0.3) is 0 Å². The fraction of sp³-hybridized carbons (Fsp3) is 0.579. The van der Waals surface area contributed by atoms with Gasteiger partial charge in [-0.1, -0.05) is 38.1 Å². The van der Waals surface area contributed by atoms with Gasteiger partial charge < -0.3 is 15.5 Å². The third kappa shape index (κ3) is 7.22. The van der Waals surface area contributed by atoms with Crippen LogP contribution in [-0.4, -0.2) is 36.9 Å². The van der Waals surface area contributed by atoms with Crippen molar-refractivity contribution < 1.29 is 4.79 Å². The van der Waals surface area contributed by atoms with Crippen molar-refractivity contribution >= 4 is 35.8 Å². The maximum Gasteiger partial charge on any atom is 0.222 e. The Bertz CT molecular complexity index is 574. The molecule has 1 aromatic carbocycles. The van der Waals surface area contributed by atoms with Gasteiger partial charge in [0.2, 0.25) is 5.91 Å². The fourth-order valence-corrected chi connectivity index (χ4v) is 2.84.